The van der Waals surface area contributed by atoms with Gasteiger partial charge in [-0.3, -0.25) is 9.59 Å². The normalized spacial score (nSPS) is 27.6. The third-order valence-electron chi connectivity index (χ3n) is 4.61. The van der Waals surface area contributed by atoms with Crippen molar-refractivity contribution < 1.29 is 23.8 Å². The van der Waals surface area contributed by atoms with Crippen LogP contribution in [-0.4, -0.2) is 52.6 Å². The number of quaternary nitrogens is 1. The molecule has 0 N–H and O–H groups in total. The molecule has 0 atom stereocenters. The van der Waals surface area contributed by atoms with Gasteiger partial charge in [0.2, 0.25) is 0 Å². The second kappa shape index (κ2) is 4.31. The van der Waals surface area contributed by atoms with Gasteiger partial charge >= 0.3 is 11.8 Å². The first-order valence-corrected chi connectivity index (χ1v) is 6.81. The number of hydrogen-bond donors (Lipinski definition) is 0. The SMILES string of the molecule is O=C1CCC(=O)C1CCN1CC[N+]12C(=O)CCC2=O. The van der Waals surface area contributed by atoms with Crippen LogP contribution in [0.4, 0.5) is 0 Å². The highest BCUT2D eigenvalue weighted by Gasteiger charge is 2.60. The molecule has 0 aromatic rings. The standard InChI is InChI=1S/C13H17N2O4/c16-10-1-2-11(17)9(10)5-6-14-7-8-15(14)12(18)3-4-13(15)19/h9H,1-8H2/q+1. The van der Waals surface area contributed by atoms with Gasteiger partial charge in [0.15, 0.2) is 0 Å². The fourth-order valence-electron chi connectivity index (χ4n) is 3.39. The molecule has 2 aliphatic heterocycles. The van der Waals surface area contributed by atoms with Gasteiger partial charge in [-0.25, -0.2) is 9.59 Å². The van der Waals surface area contributed by atoms with Crippen molar-refractivity contribution in [2.75, 3.05) is 19.6 Å². The maximum atomic E-state index is 11.9. The molecule has 0 unspecified atom stereocenters. The highest BCUT2D eigenvalue weighted by atomic mass is 16.2. The van der Waals surface area contributed by atoms with Crippen LogP contribution in [-0.2, 0) is 19.2 Å². The van der Waals surface area contributed by atoms with Crippen LogP contribution in [0.1, 0.15) is 32.1 Å². The maximum Gasteiger partial charge on any atom is 0.341 e. The number of ketones is 2. The number of rotatable bonds is 3. The summed E-state index contributed by atoms with van der Waals surface area (Å²) in [7, 11) is 0. The Kier molecular flexibility index (Phi) is 2.87. The molecule has 2 amide bonds. The molecule has 2 heterocycles. The largest absolute Gasteiger partial charge is 0.341 e. The highest BCUT2D eigenvalue weighted by molar-refractivity contribution is 6.08. The van der Waals surface area contributed by atoms with Gasteiger partial charge in [-0.15, -0.1) is 9.60 Å². The Bertz CT molecular complexity index is 453. The van der Waals surface area contributed by atoms with Crippen LogP contribution in [0.3, 0.4) is 0 Å². The van der Waals surface area contributed by atoms with Crippen molar-refractivity contribution in [1.82, 2.24) is 5.01 Å². The van der Waals surface area contributed by atoms with Crippen molar-refractivity contribution in [2.45, 2.75) is 32.1 Å². The van der Waals surface area contributed by atoms with Crippen molar-refractivity contribution >= 4 is 23.4 Å². The summed E-state index contributed by atoms with van der Waals surface area (Å²) in [6.07, 6.45) is 1.77. The van der Waals surface area contributed by atoms with E-state index in [1.54, 1.807) is 0 Å². The van der Waals surface area contributed by atoms with Gasteiger partial charge in [0.05, 0.1) is 25.3 Å². The summed E-state index contributed by atoms with van der Waals surface area (Å²) in [5.41, 5.74) is 0. The fourth-order valence-corrected chi connectivity index (χ4v) is 3.39. The molecule has 0 bridgehead atoms. The van der Waals surface area contributed by atoms with E-state index in [-0.39, 0.29) is 28.0 Å². The lowest BCUT2D eigenvalue weighted by atomic mass is 10.0. The number of hydrogen-bond acceptors (Lipinski definition) is 5. The summed E-state index contributed by atoms with van der Waals surface area (Å²) in [4.78, 5) is 46.9. The zero-order chi connectivity index (χ0) is 13.6. The number of carbonyl (C=O) groups is 4. The first-order chi connectivity index (χ1) is 9.05. The molecule has 0 aromatic heterocycles. The summed E-state index contributed by atoms with van der Waals surface area (Å²) in [6, 6.07) is 0. The molecule has 3 fully saturated rings. The second-order valence-corrected chi connectivity index (χ2v) is 5.51. The molecule has 0 aromatic carbocycles. The Morgan fingerprint density at radius 3 is 2.00 bits per heavy atom. The van der Waals surface area contributed by atoms with Gasteiger partial charge < -0.3 is 0 Å². The van der Waals surface area contributed by atoms with E-state index in [0.29, 0.717) is 51.7 Å². The average Bonchev–Trinajstić information content (AvgIpc) is 2.83. The second-order valence-electron chi connectivity index (χ2n) is 5.51. The number of Topliss-reactive ketones (excluding diaryl/α,β-unsaturated/α-hetero) is 2. The summed E-state index contributed by atoms with van der Waals surface area (Å²) in [5.74, 6) is -0.568. The fraction of sp³-hybridized carbons (Fsp3) is 0.692. The van der Waals surface area contributed by atoms with E-state index in [9.17, 15) is 19.2 Å². The van der Waals surface area contributed by atoms with Crippen LogP contribution in [0.25, 0.3) is 0 Å². The van der Waals surface area contributed by atoms with Crippen molar-refractivity contribution in [3.8, 4) is 0 Å². The Morgan fingerprint density at radius 2 is 1.53 bits per heavy atom. The van der Waals surface area contributed by atoms with Gasteiger partial charge in [0.1, 0.15) is 24.7 Å². The minimum absolute atomic E-state index is 0.0103. The molecule has 3 rings (SSSR count). The summed E-state index contributed by atoms with van der Waals surface area (Å²) < 4.78 is -0.158. The van der Waals surface area contributed by atoms with Crippen LogP contribution in [0.2, 0.25) is 0 Å². The van der Waals surface area contributed by atoms with Crippen molar-refractivity contribution in [2.24, 2.45) is 5.92 Å². The van der Waals surface area contributed by atoms with E-state index in [2.05, 4.69) is 0 Å². The van der Waals surface area contributed by atoms with Gasteiger partial charge in [0, 0.05) is 12.8 Å². The number of amides is 2. The van der Waals surface area contributed by atoms with Gasteiger partial charge in [-0.1, -0.05) is 0 Å². The third-order valence-corrected chi connectivity index (χ3v) is 4.61. The first kappa shape index (κ1) is 12.6. The Balaban J connectivity index is 1.65. The van der Waals surface area contributed by atoms with Crippen LogP contribution in [0, 0.1) is 5.92 Å². The summed E-state index contributed by atoms with van der Waals surface area (Å²) in [5, 5.41) is 1.82. The molecule has 0 radical (unpaired) electrons. The summed E-state index contributed by atoms with van der Waals surface area (Å²) >= 11 is 0. The van der Waals surface area contributed by atoms with E-state index in [0.717, 1.165) is 0 Å². The minimum Gasteiger partial charge on any atom is -0.299 e. The molecule has 19 heavy (non-hydrogen) atoms. The molecule has 1 saturated carbocycles. The number of carbonyl (C=O) groups excluding carboxylic acids is 4. The molecule has 6 heteroatoms. The van der Waals surface area contributed by atoms with Crippen LogP contribution in [0.5, 0.6) is 0 Å². The predicted molar refractivity (Wildman–Crippen MR) is 63.3 cm³/mol. The topological polar surface area (TPSA) is 71.5 Å². The van der Waals surface area contributed by atoms with Crippen molar-refractivity contribution in [3.05, 3.63) is 0 Å². The molecule has 3 aliphatic rings. The van der Waals surface area contributed by atoms with Gasteiger partial charge in [-0.2, -0.15) is 0 Å². The number of nitrogens with zero attached hydrogens (tertiary/aromatic N) is 2. The van der Waals surface area contributed by atoms with Gasteiger partial charge in [0.25, 0.3) is 0 Å². The van der Waals surface area contributed by atoms with E-state index in [4.69, 9.17) is 0 Å². The molecular formula is C13H17N2O4+. The molecular weight excluding hydrogens is 248 g/mol. The van der Waals surface area contributed by atoms with Crippen LogP contribution < -0.4 is 0 Å². The Morgan fingerprint density at radius 1 is 0.947 bits per heavy atom. The zero-order valence-electron chi connectivity index (χ0n) is 10.8. The molecule has 1 spiro atoms. The third kappa shape index (κ3) is 1.70. The molecule has 102 valence electrons. The average molecular weight is 265 g/mol. The first-order valence-electron chi connectivity index (χ1n) is 6.81. The Labute approximate surface area is 110 Å². The zero-order valence-corrected chi connectivity index (χ0v) is 10.8. The van der Waals surface area contributed by atoms with Crippen molar-refractivity contribution in [1.29, 1.82) is 0 Å². The highest BCUT2D eigenvalue weighted by Crippen LogP contribution is 2.33. The van der Waals surface area contributed by atoms with Crippen molar-refractivity contribution in [3.63, 3.8) is 0 Å². The smallest absolute Gasteiger partial charge is 0.299 e. The van der Waals surface area contributed by atoms with E-state index < -0.39 is 5.92 Å². The predicted octanol–water partition coefficient (Wildman–Crippen LogP) is -0.181. The molecule has 1 aliphatic carbocycles. The monoisotopic (exact) mass is 265 g/mol. The maximum absolute atomic E-state index is 11.9. The lowest BCUT2D eigenvalue weighted by Gasteiger charge is -2.46. The lowest BCUT2D eigenvalue weighted by Crippen LogP contribution is -2.74. The quantitative estimate of drug-likeness (QED) is 0.402. The molecule has 2 saturated heterocycles. The Hall–Kier alpha value is -1.40. The van der Waals surface area contributed by atoms with E-state index in [1.165, 1.54) is 0 Å². The van der Waals surface area contributed by atoms with Crippen LogP contribution in [0.15, 0.2) is 0 Å². The lowest BCUT2D eigenvalue weighted by molar-refractivity contribution is -0.945. The minimum atomic E-state index is -0.506. The van der Waals surface area contributed by atoms with E-state index in [1.807, 2.05) is 5.01 Å². The summed E-state index contributed by atoms with van der Waals surface area (Å²) in [6.45, 7) is 1.70. The van der Waals surface area contributed by atoms with E-state index >= 15 is 0 Å². The van der Waals surface area contributed by atoms with Gasteiger partial charge in [-0.05, 0) is 6.42 Å². The molecule has 6 nitrogen and oxygen atoms in total. The number of imide groups is 1. The van der Waals surface area contributed by atoms with Crippen LogP contribution >= 0.6 is 0 Å².